The van der Waals surface area contributed by atoms with Crippen LogP contribution in [0.4, 0.5) is 5.69 Å². The van der Waals surface area contributed by atoms with Crippen LogP contribution in [0.2, 0.25) is 0 Å². The molecule has 3 heteroatoms. The summed E-state index contributed by atoms with van der Waals surface area (Å²) in [7, 11) is 2.05. The topological polar surface area (TPSA) is 21.4 Å². The van der Waals surface area contributed by atoms with E-state index in [0.29, 0.717) is 11.3 Å². The van der Waals surface area contributed by atoms with Gasteiger partial charge in [-0.1, -0.05) is 57.4 Å². The van der Waals surface area contributed by atoms with Gasteiger partial charge >= 0.3 is 0 Å². The average Bonchev–Trinajstić information content (AvgIpc) is 3.18. The van der Waals surface area contributed by atoms with Crippen LogP contribution in [0, 0.1) is 20.4 Å². The molecule has 3 nitrogen and oxygen atoms in total. The highest BCUT2D eigenvalue weighted by Crippen LogP contribution is 2.46. The Labute approximate surface area is 199 Å². The summed E-state index contributed by atoms with van der Waals surface area (Å²) in [5.41, 5.74) is 7.91. The maximum atomic E-state index is 9.35. The fraction of sp³-hybridized carbons (Fsp3) is 0.400. The van der Waals surface area contributed by atoms with Gasteiger partial charge in [-0.15, -0.1) is 0 Å². The number of hydrogen-bond donors (Lipinski definition) is 0. The van der Waals surface area contributed by atoms with Gasteiger partial charge in [-0.2, -0.15) is 4.57 Å². The van der Waals surface area contributed by atoms with Crippen molar-refractivity contribution < 1.29 is 11.7 Å². The number of pyridine rings is 1. The summed E-state index contributed by atoms with van der Waals surface area (Å²) < 4.78 is 26.8. The van der Waals surface area contributed by atoms with Crippen molar-refractivity contribution in [2.24, 2.45) is 7.05 Å². The zero-order valence-corrected chi connectivity index (χ0v) is 20.3. The second-order valence-electron chi connectivity index (χ2n) is 9.68. The smallest absolute Gasteiger partial charge is 0.216 e. The molecule has 0 unspecified atom stereocenters. The highest BCUT2D eigenvalue weighted by molar-refractivity contribution is 6.11. The molecule has 33 heavy (non-hydrogen) atoms. The van der Waals surface area contributed by atoms with E-state index in [9.17, 15) is 1.37 Å². The van der Waals surface area contributed by atoms with Crippen LogP contribution >= 0.6 is 0 Å². The molecular weight excluding hydrogens is 404 g/mol. The molecule has 1 fully saturated rings. The van der Waals surface area contributed by atoms with Crippen molar-refractivity contribution in [3.63, 3.8) is 0 Å². The number of nitrogens with zero attached hydrogens (tertiary/aromatic N) is 2. The van der Waals surface area contributed by atoms with Gasteiger partial charge in [0.1, 0.15) is 18.2 Å². The van der Waals surface area contributed by atoms with E-state index < -0.39 is 11.8 Å². The zero-order chi connectivity index (χ0) is 25.1. The first-order valence-electron chi connectivity index (χ1n) is 12.9. The Bertz CT molecular complexity index is 1510. The predicted molar refractivity (Wildman–Crippen MR) is 136 cm³/mol. The van der Waals surface area contributed by atoms with Crippen molar-refractivity contribution in [2.75, 3.05) is 0 Å². The third-order valence-electron chi connectivity index (χ3n) is 7.31. The van der Waals surface area contributed by atoms with Crippen LogP contribution < -0.4 is 4.57 Å². The number of fused-ring (bicyclic) bond motifs is 3. The Morgan fingerprint density at radius 1 is 1.06 bits per heavy atom. The average molecular weight is 440 g/mol. The minimum absolute atomic E-state index is 0.533. The molecular formula is C30H33N2O+. The van der Waals surface area contributed by atoms with E-state index in [1.165, 1.54) is 0 Å². The number of benzene rings is 2. The SMILES string of the molecule is [2H]C(C)(C)c1cc(C)[n+](C)c(-c2c(C)ccc3c2oc2c(C4([2H])CCCCC4)c([N+]#[C-])ccc23)c1. The Morgan fingerprint density at radius 3 is 2.45 bits per heavy atom. The monoisotopic (exact) mass is 439 g/mol. The summed E-state index contributed by atoms with van der Waals surface area (Å²) in [5, 5.41) is 1.98. The van der Waals surface area contributed by atoms with Crippen molar-refractivity contribution in [1.82, 2.24) is 0 Å². The van der Waals surface area contributed by atoms with Gasteiger partial charge in [0.2, 0.25) is 5.69 Å². The minimum atomic E-state index is -0.795. The number of furan rings is 1. The first-order chi connectivity index (χ1) is 16.5. The molecule has 1 aliphatic carbocycles. The predicted octanol–water partition coefficient (Wildman–Crippen LogP) is 8.42. The van der Waals surface area contributed by atoms with E-state index in [2.05, 4.69) is 54.6 Å². The summed E-state index contributed by atoms with van der Waals surface area (Å²) in [6.45, 7) is 15.8. The van der Waals surface area contributed by atoms with E-state index in [1.807, 2.05) is 26.0 Å². The lowest BCUT2D eigenvalue weighted by molar-refractivity contribution is -0.666. The van der Waals surface area contributed by atoms with Gasteiger partial charge in [-0.25, -0.2) is 4.85 Å². The molecule has 0 radical (unpaired) electrons. The molecule has 168 valence electrons. The number of rotatable bonds is 3. The highest BCUT2D eigenvalue weighted by atomic mass is 16.3. The molecule has 4 aromatic rings. The lowest BCUT2D eigenvalue weighted by Gasteiger charge is -2.23. The lowest BCUT2D eigenvalue weighted by Crippen LogP contribution is -2.35. The Hall–Kier alpha value is -3.12. The van der Waals surface area contributed by atoms with Crippen molar-refractivity contribution in [2.45, 2.75) is 71.6 Å². The van der Waals surface area contributed by atoms with Crippen LogP contribution in [0.5, 0.6) is 0 Å². The van der Waals surface area contributed by atoms with E-state index in [-0.39, 0.29) is 0 Å². The van der Waals surface area contributed by atoms with Crippen molar-refractivity contribution in [1.29, 1.82) is 0 Å². The largest absolute Gasteiger partial charge is 0.456 e. The molecule has 0 atom stereocenters. The van der Waals surface area contributed by atoms with Gasteiger partial charge in [-0.3, -0.25) is 0 Å². The number of hydrogen-bond acceptors (Lipinski definition) is 1. The van der Waals surface area contributed by atoms with Gasteiger partial charge in [0.25, 0.3) is 0 Å². The van der Waals surface area contributed by atoms with Gasteiger partial charge in [0.05, 0.1) is 12.1 Å². The highest BCUT2D eigenvalue weighted by Gasteiger charge is 2.27. The molecule has 1 aliphatic rings. The van der Waals surface area contributed by atoms with Crippen LogP contribution in [0.25, 0.3) is 38.0 Å². The molecule has 0 bridgehead atoms. The Morgan fingerprint density at radius 2 is 1.76 bits per heavy atom. The van der Waals surface area contributed by atoms with E-state index in [0.717, 1.165) is 82.1 Å². The van der Waals surface area contributed by atoms with Crippen LogP contribution in [0.15, 0.2) is 40.8 Å². The molecule has 0 amide bonds. The summed E-state index contributed by atoms with van der Waals surface area (Å²) in [6, 6.07) is 12.3. The van der Waals surface area contributed by atoms with E-state index >= 15 is 0 Å². The first kappa shape index (κ1) is 19.4. The zero-order valence-electron chi connectivity index (χ0n) is 22.3. The summed E-state index contributed by atoms with van der Waals surface area (Å²) >= 11 is 0. The van der Waals surface area contributed by atoms with Gasteiger partial charge in [-0.05, 0) is 42.7 Å². The Balaban J connectivity index is 1.87. The van der Waals surface area contributed by atoms with Crippen LogP contribution in [0.1, 0.15) is 82.9 Å². The second-order valence-corrected chi connectivity index (χ2v) is 9.68. The van der Waals surface area contributed by atoms with Gasteiger partial charge in [0, 0.05) is 38.1 Å². The van der Waals surface area contributed by atoms with E-state index in [1.54, 1.807) is 0 Å². The molecule has 2 aromatic heterocycles. The molecule has 0 spiro atoms. The fourth-order valence-corrected chi connectivity index (χ4v) is 5.30. The molecule has 0 aliphatic heterocycles. The van der Waals surface area contributed by atoms with Crippen molar-refractivity contribution >= 4 is 27.6 Å². The molecule has 2 heterocycles. The van der Waals surface area contributed by atoms with Crippen LogP contribution in [-0.2, 0) is 7.05 Å². The lowest BCUT2D eigenvalue weighted by atomic mass is 9.82. The Kier molecular flexibility index (Phi) is 4.89. The number of aromatic nitrogens is 1. The normalized spacial score (nSPS) is 17.1. The molecule has 0 N–H and O–H groups in total. The fourth-order valence-electron chi connectivity index (χ4n) is 5.30. The molecule has 2 aromatic carbocycles. The summed E-state index contributed by atoms with van der Waals surface area (Å²) in [4.78, 5) is 3.82. The third-order valence-corrected chi connectivity index (χ3v) is 7.31. The standard InChI is InChI=1S/C30H33N2O/c1-18(2)22-16-20(4)32(6)26(17-22)27-19(3)12-13-23-24-14-15-25(31-5)28(30(24)33-29(23)27)21-10-8-7-9-11-21/h12-18,21H,7-11H2,1-4,6H3/q+1/i18D,21D. The minimum Gasteiger partial charge on any atom is -0.456 e. The van der Waals surface area contributed by atoms with Crippen LogP contribution in [0.3, 0.4) is 0 Å². The maximum Gasteiger partial charge on any atom is 0.216 e. The van der Waals surface area contributed by atoms with Gasteiger partial charge in [0.15, 0.2) is 11.4 Å². The molecule has 5 rings (SSSR count). The third kappa shape index (κ3) is 3.53. The quantitative estimate of drug-likeness (QED) is 0.232. The van der Waals surface area contributed by atoms with E-state index in [4.69, 9.17) is 12.4 Å². The van der Waals surface area contributed by atoms with Crippen LogP contribution in [-0.4, -0.2) is 0 Å². The number of aryl methyl sites for hydroxylation is 2. The first-order valence-corrected chi connectivity index (χ1v) is 11.9. The summed E-state index contributed by atoms with van der Waals surface area (Å²) in [6.07, 6.45) is 4.67. The summed E-state index contributed by atoms with van der Waals surface area (Å²) in [5.74, 6) is -1.52. The van der Waals surface area contributed by atoms with Crippen molar-refractivity contribution in [3.8, 4) is 11.3 Å². The van der Waals surface area contributed by atoms with Gasteiger partial charge < -0.3 is 4.42 Å². The second kappa shape index (κ2) is 8.34. The maximum absolute atomic E-state index is 9.35. The molecule has 1 saturated carbocycles. The molecule has 0 saturated heterocycles. The van der Waals surface area contributed by atoms with Crippen molar-refractivity contribution in [3.05, 3.63) is 70.2 Å².